The number of carbonyl (C=O) groups is 2. The highest BCUT2D eigenvalue weighted by Gasteiger charge is 2.39. The second-order valence-electron chi connectivity index (χ2n) is 7.68. The van der Waals surface area contributed by atoms with E-state index < -0.39 is 17.1 Å². The Morgan fingerprint density at radius 1 is 1.28 bits per heavy atom. The van der Waals surface area contributed by atoms with Crippen LogP contribution in [-0.2, 0) is 4.79 Å². The van der Waals surface area contributed by atoms with Crippen molar-refractivity contribution in [2.45, 2.75) is 26.2 Å². The molecular formula is C22H24ClFN2O3. The van der Waals surface area contributed by atoms with Crippen LogP contribution < -0.4 is 10.5 Å². The fourth-order valence-electron chi connectivity index (χ4n) is 3.81. The van der Waals surface area contributed by atoms with Crippen LogP contribution in [0, 0.1) is 18.2 Å². The number of amides is 2. The van der Waals surface area contributed by atoms with Crippen LogP contribution in [0.2, 0.25) is 5.02 Å². The van der Waals surface area contributed by atoms with Crippen molar-refractivity contribution in [1.29, 1.82) is 0 Å². The van der Waals surface area contributed by atoms with Gasteiger partial charge in [0.05, 0.1) is 6.61 Å². The van der Waals surface area contributed by atoms with E-state index in [2.05, 4.69) is 0 Å². The summed E-state index contributed by atoms with van der Waals surface area (Å²) in [4.78, 5) is 26.3. The smallest absolute Gasteiger partial charge is 0.253 e. The molecule has 2 amide bonds. The summed E-state index contributed by atoms with van der Waals surface area (Å²) in [5, 5.41) is 0.647. The zero-order valence-corrected chi connectivity index (χ0v) is 17.0. The number of piperidine rings is 1. The quantitative estimate of drug-likeness (QED) is 0.771. The second kappa shape index (κ2) is 8.82. The summed E-state index contributed by atoms with van der Waals surface area (Å²) in [7, 11) is 0. The fourth-order valence-corrected chi connectivity index (χ4v) is 3.93. The van der Waals surface area contributed by atoms with Gasteiger partial charge in [-0.05, 0) is 61.7 Å². The largest absolute Gasteiger partial charge is 0.493 e. The summed E-state index contributed by atoms with van der Waals surface area (Å²) in [5.74, 6) is -0.525. The Kier molecular flexibility index (Phi) is 6.42. The van der Waals surface area contributed by atoms with Crippen LogP contribution in [0.3, 0.4) is 0 Å². The van der Waals surface area contributed by atoms with Crippen LogP contribution in [0.25, 0.3) is 0 Å². The molecule has 3 rings (SSSR count). The third kappa shape index (κ3) is 5.26. The highest BCUT2D eigenvalue weighted by molar-refractivity contribution is 6.31. The van der Waals surface area contributed by atoms with E-state index in [1.54, 1.807) is 23.1 Å². The monoisotopic (exact) mass is 418 g/mol. The van der Waals surface area contributed by atoms with Gasteiger partial charge in [0, 0.05) is 35.5 Å². The molecule has 1 heterocycles. The van der Waals surface area contributed by atoms with Gasteiger partial charge in [0.25, 0.3) is 5.91 Å². The third-order valence-corrected chi connectivity index (χ3v) is 5.67. The van der Waals surface area contributed by atoms with E-state index in [0.29, 0.717) is 36.7 Å². The number of halogens is 2. The van der Waals surface area contributed by atoms with Gasteiger partial charge >= 0.3 is 0 Å². The molecule has 0 aliphatic carbocycles. The van der Waals surface area contributed by atoms with E-state index in [9.17, 15) is 14.0 Å². The number of hydrogen-bond acceptors (Lipinski definition) is 3. The highest BCUT2D eigenvalue weighted by atomic mass is 35.5. The minimum absolute atomic E-state index is 0.104. The Morgan fingerprint density at radius 2 is 2.07 bits per heavy atom. The summed E-state index contributed by atoms with van der Waals surface area (Å²) >= 11 is 6.06. The van der Waals surface area contributed by atoms with E-state index in [4.69, 9.17) is 22.1 Å². The van der Waals surface area contributed by atoms with E-state index in [1.165, 1.54) is 18.2 Å². The number of carbonyl (C=O) groups excluding carboxylic acids is 2. The van der Waals surface area contributed by atoms with Crippen LogP contribution in [0.5, 0.6) is 5.75 Å². The number of ether oxygens (including phenoxy) is 1. The molecule has 5 nitrogen and oxygen atoms in total. The van der Waals surface area contributed by atoms with Gasteiger partial charge in [-0.1, -0.05) is 17.7 Å². The molecule has 0 saturated carbocycles. The predicted molar refractivity (Wildman–Crippen MR) is 109 cm³/mol. The molecule has 29 heavy (non-hydrogen) atoms. The van der Waals surface area contributed by atoms with E-state index in [1.807, 2.05) is 13.0 Å². The molecule has 1 aliphatic heterocycles. The molecule has 1 fully saturated rings. The average Bonchev–Trinajstić information content (AvgIpc) is 2.68. The van der Waals surface area contributed by atoms with Crippen LogP contribution in [0.1, 0.15) is 35.2 Å². The number of aryl methyl sites for hydroxylation is 1. The summed E-state index contributed by atoms with van der Waals surface area (Å²) in [5.41, 5.74) is 6.09. The predicted octanol–water partition coefficient (Wildman–Crippen LogP) is 3.96. The first-order valence-electron chi connectivity index (χ1n) is 9.50. The average molecular weight is 419 g/mol. The van der Waals surface area contributed by atoms with E-state index in [0.717, 1.165) is 5.56 Å². The van der Waals surface area contributed by atoms with Crippen LogP contribution in [0.15, 0.2) is 42.5 Å². The SMILES string of the molecule is Cc1cc(OC[C@@]2(CC(N)=O)CCCN(C(=O)c3cccc(F)c3)C2)ccc1Cl. The second-order valence-corrected chi connectivity index (χ2v) is 8.09. The Bertz CT molecular complexity index is 921. The van der Waals surface area contributed by atoms with Gasteiger partial charge in [-0.15, -0.1) is 0 Å². The van der Waals surface area contributed by atoms with Crippen LogP contribution in [-0.4, -0.2) is 36.4 Å². The molecule has 7 heteroatoms. The normalized spacial score (nSPS) is 19.1. The number of nitrogens with two attached hydrogens (primary N) is 1. The van der Waals surface area contributed by atoms with E-state index in [-0.39, 0.29) is 24.5 Å². The van der Waals surface area contributed by atoms with Crippen molar-refractivity contribution in [1.82, 2.24) is 4.90 Å². The molecule has 0 spiro atoms. The number of primary amides is 1. The first-order chi connectivity index (χ1) is 13.8. The van der Waals surface area contributed by atoms with Gasteiger partial charge < -0.3 is 15.4 Å². The van der Waals surface area contributed by atoms with E-state index >= 15 is 0 Å². The maximum atomic E-state index is 13.5. The van der Waals surface area contributed by atoms with Crippen molar-refractivity contribution in [3.05, 3.63) is 64.4 Å². The van der Waals surface area contributed by atoms with Crippen molar-refractivity contribution in [2.75, 3.05) is 19.7 Å². The fraction of sp³-hybridized carbons (Fsp3) is 0.364. The molecule has 1 atom stereocenters. The molecule has 0 bridgehead atoms. The van der Waals surface area contributed by atoms with Gasteiger partial charge in [0.15, 0.2) is 0 Å². The van der Waals surface area contributed by atoms with Crippen molar-refractivity contribution >= 4 is 23.4 Å². The van der Waals surface area contributed by atoms with Crippen molar-refractivity contribution in [2.24, 2.45) is 11.1 Å². The maximum Gasteiger partial charge on any atom is 0.253 e. The zero-order valence-electron chi connectivity index (χ0n) is 16.3. The van der Waals surface area contributed by atoms with Gasteiger partial charge in [-0.2, -0.15) is 0 Å². The number of rotatable bonds is 6. The standard InChI is InChI=1S/C22H24ClFN2O3/c1-15-10-18(6-7-19(15)23)29-14-22(12-20(25)27)8-3-9-26(13-22)21(28)16-4-2-5-17(24)11-16/h2,4-7,10-11H,3,8-9,12-14H2,1H3,(H2,25,27)/t22-/m1/s1. The molecule has 0 radical (unpaired) electrons. The van der Waals surface area contributed by atoms with Crippen molar-refractivity contribution in [3.8, 4) is 5.75 Å². The molecule has 1 aliphatic rings. The Balaban J connectivity index is 1.78. The van der Waals surface area contributed by atoms with Gasteiger partial charge in [0.1, 0.15) is 11.6 Å². The number of likely N-dealkylation sites (tertiary alicyclic amines) is 1. The molecule has 1 saturated heterocycles. The number of hydrogen-bond donors (Lipinski definition) is 1. The molecule has 154 valence electrons. The number of benzene rings is 2. The van der Waals surface area contributed by atoms with Crippen molar-refractivity contribution in [3.63, 3.8) is 0 Å². The third-order valence-electron chi connectivity index (χ3n) is 5.24. The first-order valence-corrected chi connectivity index (χ1v) is 9.88. The highest BCUT2D eigenvalue weighted by Crippen LogP contribution is 2.35. The lowest BCUT2D eigenvalue weighted by molar-refractivity contribution is -0.122. The molecule has 2 aromatic carbocycles. The summed E-state index contributed by atoms with van der Waals surface area (Å²) in [6.45, 7) is 2.98. The minimum Gasteiger partial charge on any atom is -0.493 e. The van der Waals surface area contributed by atoms with Crippen LogP contribution in [0.4, 0.5) is 4.39 Å². The molecule has 2 N–H and O–H groups in total. The maximum absolute atomic E-state index is 13.5. The molecular weight excluding hydrogens is 395 g/mol. The topological polar surface area (TPSA) is 72.6 Å². The van der Waals surface area contributed by atoms with Crippen molar-refractivity contribution < 1.29 is 18.7 Å². The minimum atomic E-state index is -0.597. The lowest BCUT2D eigenvalue weighted by Crippen LogP contribution is -2.50. The summed E-state index contributed by atoms with van der Waals surface area (Å²) < 4.78 is 19.5. The molecule has 2 aromatic rings. The summed E-state index contributed by atoms with van der Waals surface area (Å²) in [6, 6.07) is 11.0. The lowest BCUT2D eigenvalue weighted by Gasteiger charge is -2.42. The summed E-state index contributed by atoms with van der Waals surface area (Å²) in [6.07, 6.45) is 1.51. The molecule has 0 unspecified atom stereocenters. The lowest BCUT2D eigenvalue weighted by atomic mass is 9.77. The molecule has 0 aromatic heterocycles. The Morgan fingerprint density at radius 3 is 2.76 bits per heavy atom. The first kappa shape index (κ1) is 21.1. The zero-order chi connectivity index (χ0) is 21.0. The Hall–Kier alpha value is -2.60. The van der Waals surface area contributed by atoms with Gasteiger partial charge in [-0.3, -0.25) is 9.59 Å². The van der Waals surface area contributed by atoms with Crippen LogP contribution >= 0.6 is 11.6 Å². The van der Waals surface area contributed by atoms with Gasteiger partial charge in [0.2, 0.25) is 5.91 Å². The number of nitrogens with zero attached hydrogens (tertiary/aromatic N) is 1. The Labute approximate surface area is 174 Å². The van der Waals surface area contributed by atoms with Gasteiger partial charge in [-0.25, -0.2) is 4.39 Å².